The number of aliphatic hydroxyl groups is 1. The third-order valence-corrected chi connectivity index (χ3v) is 6.25. The Morgan fingerprint density at radius 1 is 1.20 bits per heavy atom. The Morgan fingerprint density at radius 2 is 1.90 bits per heavy atom. The number of ether oxygens (including phenoxy) is 2. The van der Waals surface area contributed by atoms with Gasteiger partial charge in [-0.15, -0.1) is 0 Å². The molecule has 0 aromatic heterocycles. The van der Waals surface area contributed by atoms with E-state index in [4.69, 9.17) is 9.47 Å². The number of carbonyl (C=O) groups is 1. The molecule has 156 valence electrons. The second-order valence-corrected chi connectivity index (χ2v) is 8.15. The van der Waals surface area contributed by atoms with E-state index < -0.39 is 5.60 Å². The van der Waals surface area contributed by atoms with Gasteiger partial charge < -0.3 is 19.5 Å². The highest BCUT2D eigenvalue weighted by Crippen LogP contribution is 2.47. The number of carbonyl (C=O) groups excluding carboxylic acids is 1. The molecule has 0 radical (unpaired) electrons. The van der Waals surface area contributed by atoms with E-state index in [1.165, 1.54) is 0 Å². The van der Waals surface area contributed by atoms with Crippen LogP contribution in [0.15, 0.2) is 48.5 Å². The van der Waals surface area contributed by atoms with Crippen LogP contribution in [-0.2, 0) is 16.9 Å². The number of nitrogens with zero attached hydrogens (tertiary/aromatic N) is 2. The van der Waals surface area contributed by atoms with Crippen molar-refractivity contribution in [1.29, 1.82) is 5.26 Å². The summed E-state index contributed by atoms with van der Waals surface area (Å²) in [6.07, 6.45) is 3.13. The van der Waals surface area contributed by atoms with Crippen molar-refractivity contribution < 1.29 is 19.4 Å². The maximum atomic E-state index is 12.9. The zero-order chi connectivity index (χ0) is 21.1. The molecule has 2 aromatic carbocycles. The molecule has 2 fully saturated rings. The van der Waals surface area contributed by atoms with Gasteiger partial charge >= 0.3 is 6.09 Å². The van der Waals surface area contributed by atoms with Crippen LogP contribution in [-0.4, -0.2) is 35.3 Å². The average molecular weight is 406 g/mol. The molecule has 0 saturated carbocycles. The first-order chi connectivity index (χ1) is 14.5. The first-order valence-corrected chi connectivity index (χ1v) is 10.3. The highest BCUT2D eigenvalue weighted by atomic mass is 16.6. The predicted octanol–water partition coefficient (Wildman–Crippen LogP) is 4.11. The molecule has 2 saturated heterocycles. The number of hydrogen-bond donors (Lipinski definition) is 1. The Hall–Kier alpha value is -3.04. The fourth-order valence-corrected chi connectivity index (χ4v) is 4.88. The van der Waals surface area contributed by atoms with E-state index in [9.17, 15) is 15.2 Å². The van der Waals surface area contributed by atoms with E-state index in [-0.39, 0.29) is 24.8 Å². The van der Waals surface area contributed by atoms with Crippen LogP contribution in [0.2, 0.25) is 0 Å². The van der Waals surface area contributed by atoms with Gasteiger partial charge in [0.15, 0.2) is 0 Å². The molecule has 2 atom stereocenters. The lowest BCUT2D eigenvalue weighted by Crippen LogP contribution is -2.59. The molecule has 2 heterocycles. The summed E-state index contributed by atoms with van der Waals surface area (Å²) in [7, 11) is 1.56. The number of fused-ring (bicyclic) bond motifs is 2. The van der Waals surface area contributed by atoms with Gasteiger partial charge in [0.25, 0.3) is 0 Å². The lowest BCUT2D eigenvalue weighted by molar-refractivity contribution is -0.0904. The van der Waals surface area contributed by atoms with Crippen LogP contribution in [0.1, 0.15) is 48.8 Å². The van der Waals surface area contributed by atoms with Crippen molar-refractivity contribution in [2.24, 2.45) is 0 Å². The van der Waals surface area contributed by atoms with Crippen molar-refractivity contribution in [3.63, 3.8) is 0 Å². The summed E-state index contributed by atoms with van der Waals surface area (Å²) in [5, 5.41) is 20.9. The Bertz CT molecular complexity index is 939. The highest BCUT2D eigenvalue weighted by Gasteiger charge is 2.49. The SMILES string of the molecule is COc1ccc(C#N)cc1C1(O)CC2CCCC(C1)N2C(=O)OCc1ccccc1. The van der Waals surface area contributed by atoms with Crippen molar-refractivity contribution in [3.8, 4) is 11.8 Å². The molecule has 6 nitrogen and oxygen atoms in total. The highest BCUT2D eigenvalue weighted by molar-refractivity contribution is 5.69. The molecule has 0 spiro atoms. The number of hydrogen-bond acceptors (Lipinski definition) is 5. The standard InChI is InChI=1S/C24H26N2O4/c1-29-22-11-10-18(15-25)12-21(22)24(28)13-19-8-5-9-20(14-24)26(19)23(27)30-16-17-6-3-2-4-7-17/h2-4,6-7,10-12,19-20,28H,5,8-9,13-14,16H2,1H3. The molecule has 4 rings (SSSR count). The largest absolute Gasteiger partial charge is 0.496 e. The quantitative estimate of drug-likeness (QED) is 0.826. The lowest BCUT2D eigenvalue weighted by Gasteiger charge is -2.51. The fourth-order valence-electron chi connectivity index (χ4n) is 4.88. The van der Waals surface area contributed by atoms with Crippen LogP contribution in [0, 0.1) is 11.3 Å². The van der Waals surface area contributed by atoms with Crippen LogP contribution in [0.3, 0.4) is 0 Å². The van der Waals surface area contributed by atoms with Crippen LogP contribution in [0.4, 0.5) is 4.79 Å². The van der Waals surface area contributed by atoms with Crippen molar-refractivity contribution >= 4 is 6.09 Å². The number of piperidine rings is 2. The van der Waals surface area contributed by atoms with Crippen LogP contribution < -0.4 is 4.74 Å². The summed E-state index contributed by atoms with van der Waals surface area (Å²) in [5.41, 5.74) is 0.902. The van der Waals surface area contributed by atoms with Crippen molar-refractivity contribution in [3.05, 3.63) is 65.2 Å². The van der Waals surface area contributed by atoms with Crippen molar-refractivity contribution in [2.45, 2.75) is 56.4 Å². The monoisotopic (exact) mass is 406 g/mol. The topological polar surface area (TPSA) is 82.8 Å². The Balaban J connectivity index is 1.55. The first-order valence-electron chi connectivity index (χ1n) is 10.3. The van der Waals surface area contributed by atoms with E-state index in [1.54, 1.807) is 25.3 Å². The van der Waals surface area contributed by atoms with E-state index in [2.05, 4.69) is 6.07 Å². The molecule has 6 heteroatoms. The third-order valence-electron chi connectivity index (χ3n) is 6.25. The molecular formula is C24H26N2O4. The Kier molecular flexibility index (Phi) is 5.65. The van der Waals surface area contributed by atoms with Crippen molar-refractivity contribution in [2.75, 3.05) is 7.11 Å². The van der Waals surface area contributed by atoms with Gasteiger partial charge in [0.1, 0.15) is 12.4 Å². The second-order valence-electron chi connectivity index (χ2n) is 8.15. The maximum Gasteiger partial charge on any atom is 0.410 e. The van der Waals surface area contributed by atoms with Gasteiger partial charge in [-0.05, 0) is 43.0 Å². The summed E-state index contributed by atoms with van der Waals surface area (Å²) in [6, 6.07) is 16.6. The first kappa shape index (κ1) is 20.2. The van der Waals surface area contributed by atoms with Gasteiger partial charge in [0.2, 0.25) is 0 Å². The van der Waals surface area contributed by atoms with Crippen molar-refractivity contribution in [1.82, 2.24) is 4.90 Å². The zero-order valence-corrected chi connectivity index (χ0v) is 17.1. The maximum absolute atomic E-state index is 12.9. The fraction of sp³-hybridized carbons (Fsp3) is 0.417. The second kappa shape index (κ2) is 8.37. The van der Waals surface area contributed by atoms with Gasteiger partial charge in [-0.1, -0.05) is 30.3 Å². The molecule has 30 heavy (non-hydrogen) atoms. The summed E-state index contributed by atoms with van der Waals surface area (Å²) in [4.78, 5) is 14.7. The Labute approximate surface area is 176 Å². The van der Waals surface area contributed by atoms with E-state index >= 15 is 0 Å². The molecule has 2 unspecified atom stereocenters. The van der Waals surface area contributed by atoms with Crippen LogP contribution in [0.25, 0.3) is 0 Å². The van der Waals surface area contributed by atoms with Crippen LogP contribution in [0.5, 0.6) is 5.75 Å². The van der Waals surface area contributed by atoms with Gasteiger partial charge in [0, 0.05) is 30.5 Å². The van der Waals surface area contributed by atoms with E-state index in [0.717, 1.165) is 24.8 Å². The number of benzene rings is 2. The molecule has 1 N–H and O–H groups in total. The minimum absolute atomic E-state index is 0.110. The molecule has 2 aliphatic rings. The molecule has 0 aliphatic carbocycles. The van der Waals surface area contributed by atoms with Gasteiger partial charge in [-0.2, -0.15) is 5.26 Å². The number of nitriles is 1. The minimum atomic E-state index is -1.15. The van der Waals surface area contributed by atoms with Gasteiger partial charge in [-0.3, -0.25) is 0 Å². The molecule has 1 amide bonds. The predicted molar refractivity (Wildman–Crippen MR) is 111 cm³/mol. The summed E-state index contributed by atoms with van der Waals surface area (Å²) in [5.74, 6) is 0.565. The average Bonchev–Trinajstić information content (AvgIpc) is 2.77. The Morgan fingerprint density at radius 3 is 2.53 bits per heavy atom. The lowest BCUT2D eigenvalue weighted by atomic mass is 9.72. The number of amides is 1. The summed E-state index contributed by atoms with van der Waals surface area (Å²) in [6.45, 7) is 0.234. The normalized spacial score (nSPS) is 25.3. The molecule has 2 aromatic rings. The third kappa shape index (κ3) is 3.86. The van der Waals surface area contributed by atoms with Gasteiger partial charge in [-0.25, -0.2) is 4.79 Å². The van der Waals surface area contributed by atoms with Gasteiger partial charge in [0.05, 0.1) is 24.3 Å². The summed E-state index contributed by atoms with van der Waals surface area (Å²) < 4.78 is 11.1. The molecule has 2 bridgehead atoms. The van der Waals surface area contributed by atoms with E-state index in [1.807, 2.05) is 35.2 Å². The van der Waals surface area contributed by atoms with E-state index in [0.29, 0.717) is 29.7 Å². The minimum Gasteiger partial charge on any atom is -0.496 e. The zero-order valence-electron chi connectivity index (χ0n) is 17.1. The molecule has 2 aliphatic heterocycles. The molecular weight excluding hydrogens is 380 g/mol. The number of rotatable bonds is 4. The summed E-state index contributed by atoms with van der Waals surface area (Å²) >= 11 is 0. The smallest absolute Gasteiger partial charge is 0.410 e. The van der Waals surface area contributed by atoms with Crippen LogP contribution >= 0.6 is 0 Å². The number of methoxy groups -OCH3 is 1.